The molecule has 166 valence electrons. The first kappa shape index (κ1) is 22.4. The lowest BCUT2D eigenvalue weighted by Crippen LogP contribution is -2.41. The van der Waals surface area contributed by atoms with Crippen LogP contribution >= 0.6 is 0 Å². The lowest BCUT2D eigenvalue weighted by Gasteiger charge is -2.34. The minimum absolute atomic E-state index is 0.0971. The molecule has 0 spiro atoms. The molecule has 1 heterocycles. The van der Waals surface area contributed by atoms with Crippen LogP contribution in [0.15, 0.2) is 18.2 Å². The maximum Gasteiger partial charge on any atom is 0.303 e. The van der Waals surface area contributed by atoms with Crippen LogP contribution in [-0.4, -0.2) is 60.9 Å². The molecule has 1 aromatic rings. The van der Waals surface area contributed by atoms with Crippen LogP contribution in [0.25, 0.3) is 0 Å². The molecule has 4 atom stereocenters. The second kappa shape index (κ2) is 8.84. The van der Waals surface area contributed by atoms with Crippen LogP contribution in [0.1, 0.15) is 52.0 Å². The zero-order valence-electron chi connectivity index (χ0n) is 18.5. The Morgan fingerprint density at radius 3 is 2.53 bits per heavy atom. The van der Waals surface area contributed by atoms with Crippen LogP contribution in [0, 0.1) is 11.3 Å². The van der Waals surface area contributed by atoms with Crippen molar-refractivity contribution >= 4 is 11.9 Å². The van der Waals surface area contributed by atoms with Crippen molar-refractivity contribution in [3.63, 3.8) is 0 Å². The normalized spacial score (nSPS) is 25.5. The number of likely N-dealkylation sites (tertiary alicyclic amines) is 1. The van der Waals surface area contributed by atoms with Crippen molar-refractivity contribution in [2.45, 2.75) is 58.7 Å². The van der Waals surface area contributed by atoms with Gasteiger partial charge in [-0.15, -0.1) is 0 Å². The number of rotatable bonds is 8. The average molecular weight is 420 g/mol. The Bertz CT molecular complexity index is 790. The minimum atomic E-state index is -0.854. The zero-order valence-corrected chi connectivity index (χ0v) is 18.5. The SMILES string of the molecule is COc1ccc(C2CN(C(=O)[C@H](C)OC(C)=O)CC2(C)C(C)O)cc1OCC1CC1. The summed E-state index contributed by atoms with van der Waals surface area (Å²) in [4.78, 5) is 25.8. The number of esters is 1. The van der Waals surface area contributed by atoms with Gasteiger partial charge in [0.25, 0.3) is 5.91 Å². The highest BCUT2D eigenvalue weighted by Gasteiger charge is 2.49. The van der Waals surface area contributed by atoms with E-state index in [1.165, 1.54) is 19.8 Å². The molecule has 1 aliphatic heterocycles. The lowest BCUT2D eigenvalue weighted by atomic mass is 9.72. The van der Waals surface area contributed by atoms with Gasteiger partial charge in [-0.1, -0.05) is 13.0 Å². The molecule has 0 aromatic heterocycles. The molecular formula is C23H33NO6. The van der Waals surface area contributed by atoms with E-state index in [1.807, 2.05) is 25.1 Å². The van der Waals surface area contributed by atoms with E-state index in [0.29, 0.717) is 37.1 Å². The quantitative estimate of drug-likeness (QED) is 0.652. The third-order valence-corrected chi connectivity index (χ3v) is 6.45. The Hall–Kier alpha value is -2.28. The van der Waals surface area contributed by atoms with Crippen molar-refractivity contribution in [2.24, 2.45) is 11.3 Å². The summed E-state index contributed by atoms with van der Waals surface area (Å²) in [6, 6.07) is 5.82. The highest BCUT2D eigenvalue weighted by molar-refractivity contribution is 5.83. The van der Waals surface area contributed by atoms with Crippen molar-refractivity contribution in [3.05, 3.63) is 23.8 Å². The van der Waals surface area contributed by atoms with Gasteiger partial charge in [0.1, 0.15) is 0 Å². The standard InChI is InChI=1S/C23H33NO6/c1-14(30-16(3)26)22(27)24-11-19(23(4,13-24)15(2)25)18-8-9-20(28-5)21(10-18)29-12-17-6-7-17/h8-10,14-15,17,19,25H,6-7,11-13H2,1-5H3/t14-,15?,19?,23?/m0/s1. The highest BCUT2D eigenvalue weighted by atomic mass is 16.5. The molecule has 3 rings (SSSR count). The molecule has 7 heteroatoms. The van der Waals surface area contributed by atoms with Crippen LogP contribution in [0.2, 0.25) is 0 Å². The van der Waals surface area contributed by atoms with Gasteiger partial charge in [0.15, 0.2) is 17.6 Å². The van der Waals surface area contributed by atoms with E-state index in [0.717, 1.165) is 5.56 Å². The van der Waals surface area contributed by atoms with E-state index in [9.17, 15) is 14.7 Å². The number of aliphatic hydroxyl groups is 1. The number of amides is 1. The average Bonchev–Trinajstić information content (AvgIpc) is 3.45. The zero-order chi connectivity index (χ0) is 22.1. The fourth-order valence-electron chi connectivity index (χ4n) is 4.16. The molecule has 2 fully saturated rings. The largest absolute Gasteiger partial charge is 0.493 e. The molecule has 0 radical (unpaired) electrons. The van der Waals surface area contributed by atoms with E-state index in [2.05, 4.69) is 0 Å². The molecule has 30 heavy (non-hydrogen) atoms. The first-order valence-electron chi connectivity index (χ1n) is 10.6. The minimum Gasteiger partial charge on any atom is -0.493 e. The second-order valence-electron chi connectivity index (χ2n) is 8.87. The molecule has 1 saturated carbocycles. The molecular weight excluding hydrogens is 386 g/mol. The predicted octanol–water partition coefficient (Wildman–Crippen LogP) is 2.75. The molecule has 3 unspecified atom stereocenters. The van der Waals surface area contributed by atoms with Crippen molar-refractivity contribution in [1.29, 1.82) is 0 Å². The maximum absolute atomic E-state index is 12.8. The van der Waals surface area contributed by atoms with Crippen LogP contribution in [0.5, 0.6) is 11.5 Å². The summed E-state index contributed by atoms with van der Waals surface area (Å²) in [6.07, 6.45) is 0.903. The van der Waals surface area contributed by atoms with Gasteiger partial charge in [-0.05, 0) is 50.3 Å². The Labute approximate surface area is 178 Å². The van der Waals surface area contributed by atoms with E-state index in [4.69, 9.17) is 14.2 Å². The van der Waals surface area contributed by atoms with Gasteiger partial charge in [0.05, 0.1) is 19.8 Å². The third-order valence-electron chi connectivity index (χ3n) is 6.45. The van der Waals surface area contributed by atoms with Crippen LogP contribution in [0.4, 0.5) is 0 Å². The number of methoxy groups -OCH3 is 1. The molecule has 1 aliphatic carbocycles. The monoisotopic (exact) mass is 419 g/mol. The number of carbonyl (C=O) groups excluding carboxylic acids is 2. The topological polar surface area (TPSA) is 85.3 Å². The summed E-state index contributed by atoms with van der Waals surface area (Å²) < 4.78 is 16.5. The Morgan fingerprint density at radius 1 is 1.27 bits per heavy atom. The highest BCUT2D eigenvalue weighted by Crippen LogP contribution is 2.47. The number of ether oxygens (including phenoxy) is 3. The van der Waals surface area contributed by atoms with Gasteiger partial charge in [-0.3, -0.25) is 9.59 Å². The van der Waals surface area contributed by atoms with Gasteiger partial charge in [-0.25, -0.2) is 0 Å². The van der Waals surface area contributed by atoms with E-state index < -0.39 is 23.6 Å². The fraction of sp³-hybridized carbons (Fsp3) is 0.652. The van der Waals surface area contributed by atoms with Gasteiger partial charge < -0.3 is 24.2 Å². The molecule has 1 N–H and O–H groups in total. The number of carbonyl (C=O) groups is 2. The maximum atomic E-state index is 12.8. The Morgan fingerprint density at radius 2 is 1.97 bits per heavy atom. The lowest BCUT2D eigenvalue weighted by molar-refractivity contribution is -0.157. The second-order valence-corrected chi connectivity index (χ2v) is 8.87. The molecule has 1 aromatic carbocycles. The molecule has 1 saturated heterocycles. The summed E-state index contributed by atoms with van der Waals surface area (Å²) in [5, 5.41) is 10.6. The van der Waals surface area contributed by atoms with E-state index in [-0.39, 0.29) is 11.8 Å². The van der Waals surface area contributed by atoms with Crippen LogP contribution in [0.3, 0.4) is 0 Å². The molecule has 2 aliphatic rings. The Balaban J connectivity index is 1.85. The number of nitrogens with zero attached hydrogens (tertiary/aromatic N) is 1. The van der Waals surface area contributed by atoms with Gasteiger partial charge in [0.2, 0.25) is 0 Å². The summed E-state index contributed by atoms with van der Waals surface area (Å²) in [7, 11) is 1.62. The van der Waals surface area contributed by atoms with E-state index in [1.54, 1.807) is 25.9 Å². The fourth-order valence-corrected chi connectivity index (χ4v) is 4.16. The summed E-state index contributed by atoms with van der Waals surface area (Å²) in [6.45, 7) is 8.09. The van der Waals surface area contributed by atoms with Crippen molar-refractivity contribution in [3.8, 4) is 11.5 Å². The van der Waals surface area contributed by atoms with Gasteiger partial charge in [-0.2, -0.15) is 0 Å². The van der Waals surface area contributed by atoms with Gasteiger partial charge in [0, 0.05) is 31.3 Å². The summed E-state index contributed by atoms with van der Waals surface area (Å²) in [5.74, 6) is 1.14. The van der Waals surface area contributed by atoms with Gasteiger partial charge >= 0.3 is 5.97 Å². The number of aliphatic hydroxyl groups excluding tert-OH is 1. The predicted molar refractivity (Wildman–Crippen MR) is 112 cm³/mol. The van der Waals surface area contributed by atoms with E-state index >= 15 is 0 Å². The summed E-state index contributed by atoms with van der Waals surface area (Å²) >= 11 is 0. The Kier molecular flexibility index (Phi) is 6.60. The van der Waals surface area contributed by atoms with Crippen molar-refractivity contribution < 1.29 is 28.9 Å². The van der Waals surface area contributed by atoms with Crippen molar-refractivity contribution in [1.82, 2.24) is 4.90 Å². The number of benzene rings is 1. The number of hydrogen-bond acceptors (Lipinski definition) is 6. The summed E-state index contributed by atoms with van der Waals surface area (Å²) in [5.41, 5.74) is 0.439. The smallest absolute Gasteiger partial charge is 0.303 e. The molecule has 0 bridgehead atoms. The molecule has 1 amide bonds. The van der Waals surface area contributed by atoms with Crippen molar-refractivity contribution in [2.75, 3.05) is 26.8 Å². The first-order chi connectivity index (χ1) is 14.2. The van der Waals surface area contributed by atoms with Crippen LogP contribution < -0.4 is 9.47 Å². The molecule has 7 nitrogen and oxygen atoms in total. The first-order valence-corrected chi connectivity index (χ1v) is 10.6. The number of hydrogen-bond donors (Lipinski definition) is 1. The third kappa shape index (κ3) is 4.72. The van der Waals surface area contributed by atoms with Crippen LogP contribution in [-0.2, 0) is 14.3 Å².